The topological polar surface area (TPSA) is 66.8 Å². The van der Waals surface area contributed by atoms with E-state index in [4.69, 9.17) is 4.74 Å². The summed E-state index contributed by atoms with van der Waals surface area (Å²) in [5.41, 5.74) is 0.130. The number of carbonyl (C=O) groups is 2. The van der Waals surface area contributed by atoms with Gasteiger partial charge in [0.15, 0.2) is 0 Å². The van der Waals surface area contributed by atoms with Crippen LogP contribution in [0, 0.1) is 0 Å². The molecule has 1 aromatic carbocycles. The zero-order chi connectivity index (χ0) is 15.9. The number of benzene rings is 1. The van der Waals surface area contributed by atoms with Gasteiger partial charge < -0.3 is 14.7 Å². The number of nitrogens with zero attached hydrogens (tertiary/aromatic N) is 1. The molecule has 21 heavy (non-hydrogen) atoms. The molecule has 1 aromatic rings. The molecule has 1 N–H and O–H groups in total. The van der Waals surface area contributed by atoms with Gasteiger partial charge in [-0.3, -0.25) is 4.79 Å². The fourth-order valence-electron chi connectivity index (χ4n) is 2.33. The Balaban J connectivity index is 2.41. The Labute approximate surface area is 124 Å². The summed E-state index contributed by atoms with van der Waals surface area (Å²) in [6.45, 7) is 7.02. The molecule has 0 saturated carbocycles. The van der Waals surface area contributed by atoms with Gasteiger partial charge in [0.05, 0.1) is 5.56 Å². The molecular formula is C16H21NO4. The molecule has 1 aliphatic rings. The minimum atomic E-state index is -1.28. The van der Waals surface area contributed by atoms with E-state index in [0.29, 0.717) is 11.3 Å². The van der Waals surface area contributed by atoms with Crippen molar-refractivity contribution in [3.8, 4) is 5.75 Å². The monoisotopic (exact) mass is 291 g/mol. The summed E-state index contributed by atoms with van der Waals surface area (Å²) in [6.07, 6.45) is 0.00624. The minimum Gasteiger partial charge on any atom is -0.489 e. The Morgan fingerprint density at radius 3 is 2.48 bits per heavy atom. The van der Waals surface area contributed by atoms with Gasteiger partial charge in [0.25, 0.3) is 5.91 Å². The Morgan fingerprint density at radius 1 is 1.29 bits per heavy atom. The SMILES string of the molecule is CC1Oc2c(C(=O)N(C)C(C)(C)C(=O)O)cccc2C1C. The third-order valence-electron chi connectivity index (χ3n) is 4.44. The Morgan fingerprint density at radius 2 is 1.90 bits per heavy atom. The number of carboxylic acid groups (broad SMARTS) is 1. The van der Waals surface area contributed by atoms with Crippen molar-refractivity contribution in [3.05, 3.63) is 29.3 Å². The molecule has 114 valence electrons. The number of carbonyl (C=O) groups excluding carboxylic acids is 1. The first-order valence-electron chi connectivity index (χ1n) is 6.99. The summed E-state index contributed by atoms with van der Waals surface area (Å²) < 4.78 is 5.80. The first-order chi connectivity index (χ1) is 9.67. The van der Waals surface area contributed by atoms with E-state index in [1.54, 1.807) is 6.07 Å². The van der Waals surface area contributed by atoms with Crippen molar-refractivity contribution >= 4 is 11.9 Å². The van der Waals surface area contributed by atoms with E-state index < -0.39 is 11.5 Å². The predicted molar refractivity (Wildman–Crippen MR) is 78.8 cm³/mol. The number of amides is 1. The fourth-order valence-corrected chi connectivity index (χ4v) is 2.33. The molecule has 0 aromatic heterocycles. The molecule has 0 fully saturated rings. The van der Waals surface area contributed by atoms with Crippen LogP contribution in [0.15, 0.2) is 18.2 Å². The number of aliphatic carboxylic acids is 1. The van der Waals surface area contributed by atoms with Crippen molar-refractivity contribution in [1.82, 2.24) is 4.90 Å². The van der Waals surface area contributed by atoms with E-state index in [-0.39, 0.29) is 17.9 Å². The van der Waals surface area contributed by atoms with Gasteiger partial charge >= 0.3 is 5.97 Å². The number of ether oxygens (including phenoxy) is 1. The van der Waals surface area contributed by atoms with Crippen LogP contribution in [0.2, 0.25) is 0 Å². The number of hydrogen-bond donors (Lipinski definition) is 1. The van der Waals surface area contributed by atoms with Crippen LogP contribution in [0.5, 0.6) is 5.75 Å². The Bertz CT molecular complexity index is 594. The summed E-state index contributed by atoms with van der Waals surface area (Å²) in [4.78, 5) is 25.2. The third kappa shape index (κ3) is 2.37. The maximum absolute atomic E-state index is 12.7. The van der Waals surface area contributed by atoms with Crippen LogP contribution in [-0.4, -0.2) is 40.6 Å². The van der Waals surface area contributed by atoms with Crippen LogP contribution in [0.3, 0.4) is 0 Å². The van der Waals surface area contributed by atoms with Gasteiger partial charge in [-0.1, -0.05) is 19.1 Å². The quantitative estimate of drug-likeness (QED) is 0.929. The zero-order valence-electron chi connectivity index (χ0n) is 13.0. The van der Waals surface area contributed by atoms with E-state index in [0.717, 1.165) is 5.56 Å². The highest BCUT2D eigenvalue weighted by molar-refractivity contribution is 6.00. The maximum atomic E-state index is 12.7. The summed E-state index contributed by atoms with van der Waals surface area (Å²) >= 11 is 0. The molecule has 5 nitrogen and oxygen atoms in total. The second kappa shape index (κ2) is 5.06. The molecule has 1 aliphatic heterocycles. The first kappa shape index (κ1) is 15.4. The second-order valence-corrected chi connectivity index (χ2v) is 6.06. The lowest BCUT2D eigenvalue weighted by atomic mass is 9.96. The lowest BCUT2D eigenvalue weighted by molar-refractivity contribution is -0.147. The fraction of sp³-hybridized carbons (Fsp3) is 0.500. The molecule has 1 heterocycles. The standard InChI is InChI=1S/C16H21NO4/c1-9-10(2)21-13-11(9)7-6-8-12(13)14(18)17(5)16(3,4)15(19)20/h6-10H,1-5H3,(H,19,20). The van der Waals surface area contributed by atoms with Gasteiger partial charge in [0.1, 0.15) is 17.4 Å². The highest BCUT2D eigenvalue weighted by atomic mass is 16.5. The normalized spacial score (nSPS) is 20.6. The number of likely N-dealkylation sites (N-methyl/N-ethyl adjacent to an activating group) is 1. The van der Waals surface area contributed by atoms with Gasteiger partial charge in [-0.2, -0.15) is 0 Å². The van der Waals surface area contributed by atoms with Crippen LogP contribution in [0.1, 0.15) is 49.5 Å². The van der Waals surface area contributed by atoms with Crippen LogP contribution in [-0.2, 0) is 4.79 Å². The van der Waals surface area contributed by atoms with E-state index in [9.17, 15) is 14.7 Å². The van der Waals surface area contributed by atoms with E-state index in [2.05, 4.69) is 6.92 Å². The second-order valence-electron chi connectivity index (χ2n) is 6.06. The lowest BCUT2D eigenvalue weighted by Gasteiger charge is -2.31. The average Bonchev–Trinajstić information content (AvgIpc) is 2.72. The van der Waals surface area contributed by atoms with Crippen LogP contribution in [0.25, 0.3) is 0 Å². The molecule has 0 aliphatic carbocycles. The molecular weight excluding hydrogens is 270 g/mol. The predicted octanol–water partition coefficient (Wildman–Crippen LogP) is 2.51. The highest BCUT2D eigenvalue weighted by Crippen LogP contribution is 2.40. The van der Waals surface area contributed by atoms with E-state index >= 15 is 0 Å². The summed E-state index contributed by atoms with van der Waals surface area (Å²) in [5.74, 6) is -0.602. The van der Waals surface area contributed by atoms with Gasteiger partial charge in [-0.15, -0.1) is 0 Å². The molecule has 0 saturated heterocycles. The van der Waals surface area contributed by atoms with Crippen molar-refractivity contribution in [3.63, 3.8) is 0 Å². The van der Waals surface area contributed by atoms with Gasteiger partial charge in [-0.25, -0.2) is 4.79 Å². The van der Waals surface area contributed by atoms with Crippen molar-refractivity contribution in [2.45, 2.75) is 45.3 Å². The maximum Gasteiger partial charge on any atom is 0.329 e. The number of hydrogen-bond acceptors (Lipinski definition) is 3. The summed E-state index contributed by atoms with van der Waals surface area (Å²) in [6, 6.07) is 5.44. The molecule has 0 radical (unpaired) electrons. The Hall–Kier alpha value is -2.04. The number of para-hydroxylation sites is 1. The smallest absolute Gasteiger partial charge is 0.329 e. The van der Waals surface area contributed by atoms with Crippen LogP contribution >= 0.6 is 0 Å². The average molecular weight is 291 g/mol. The largest absolute Gasteiger partial charge is 0.489 e. The number of fused-ring (bicyclic) bond motifs is 1. The van der Waals surface area contributed by atoms with Gasteiger partial charge in [-0.05, 0) is 26.8 Å². The molecule has 2 unspecified atom stereocenters. The van der Waals surface area contributed by atoms with Crippen molar-refractivity contribution in [2.24, 2.45) is 0 Å². The first-order valence-corrected chi connectivity index (χ1v) is 6.99. The molecule has 2 atom stereocenters. The Kier molecular flexibility index (Phi) is 3.70. The summed E-state index contributed by atoms with van der Waals surface area (Å²) in [5, 5.41) is 9.26. The van der Waals surface area contributed by atoms with Crippen LogP contribution < -0.4 is 4.74 Å². The number of carboxylic acids is 1. The van der Waals surface area contributed by atoms with Crippen molar-refractivity contribution in [2.75, 3.05) is 7.05 Å². The third-order valence-corrected chi connectivity index (χ3v) is 4.44. The van der Waals surface area contributed by atoms with Gasteiger partial charge in [0, 0.05) is 18.5 Å². The van der Waals surface area contributed by atoms with Crippen LogP contribution in [0.4, 0.5) is 0 Å². The minimum absolute atomic E-state index is 0.00624. The van der Waals surface area contributed by atoms with Crippen molar-refractivity contribution in [1.29, 1.82) is 0 Å². The molecule has 0 spiro atoms. The lowest BCUT2D eigenvalue weighted by Crippen LogP contribution is -2.50. The molecule has 0 bridgehead atoms. The molecule has 5 heteroatoms. The highest BCUT2D eigenvalue weighted by Gasteiger charge is 2.38. The van der Waals surface area contributed by atoms with Gasteiger partial charge in [0.2, 0.25) is 0 Å². The molecule has 1 amide bonds. The molecule has 2 rings (SSSR count). The zero-order valence-corrected chi connectivity index (χ0v) is 13.0. The summed E-state index contributed by atoms with van der Waals surface area (Å²) in [7, 11) is 1.50. The van der Waals surface area contributed by atoms with E-state index in [1.807, 2.05) is 19.1 Å². The number of rotatable bonds is 3. The van der Waals surface area contributed by atoms with Crippen molar-refractivity contribution < 1.29 is 19.4 Å². The van der Waals surface area contributed by atoms with E-state index in [1.165, 1.54) is 25.8 Å².